The maximum atomic E-state index is 13.6. The molecule has 25 heavy (non-hydrogen) atoms. The molecule has 2 rings (SSSR count). The highest BCUT2D eigenvalue weighted by Crippen LogP contribution is 2.14. The molecular weight excluding hydrogens is 339 g/mol. The first-order chi connectivity index (χ1) is 12.0. The van der Waals surface area contributed by atoms with Gasteiger partial charge in [-0.1, -0.05) is 24.3 Å². The van der Waals surface area contributed by atoms with Crippen LogP contribution in [0.1, 0.15) is 22.3 Å². The van der Waals surface area contributed by atoms with Crippen LogP contribution in [0.5, 0.6) is 0 Å². The van der Waals surface area contributed by atoms with E-state index in [0.717, 1.165) is 5.75 Å². The third kappa shape index (κ3) is 5.60. The minimum Gasteiger partial charge on any atom is -0.340 e. The minimum atomic E-state index is -0.690. The van der Waals surface area contributed by atoms with Gasteiger partial charge in [-0.2, -0.15) is 11.8 Å². The third-order valence-electron chi connectivity index (χ3n) is 3.71. The molecule has 4 nitrogen and oxygen atoms in total. The summed E-state index contributed by atoms with van der Waals surface area (Å²) in [6.07, 6.45) is 2.42. The summed E-state index contributed by atoms with van der Waals surface area (Å²) in [5, 5.41) is 5.43. The van der Waals surface area contributed by atoms with Crippen molar-refractivity contribution < 1.29 is 14.0 Å². The van der Waals surface area contributed by atoms with Crippen LogP contribution in [0.25, 0.3) is 0 Å². The third-order valence-corrected chi connectivity index (χ3v) is 4.35. The summed E-state index contributed by atoms with van der Waals surface area (Å²) >= 11 is 1.59. The van der Waals surface area contributed by atoms with E-state index in [2.05, 4.69) is 10.6 Å². The molecule has 2 aromatic rings. The van der Waals surface area contributed by atoms with Gasteiger partial charge in [0.25, 0.3) is 5.91 Å². The van der Waals surface area contributed by atoms with Crippen LogP contribution in [0.2, 0.25) is 0 Å². The van der Waals surface area contributed by atoms with Crippen molar-refractivity contribution >= 4 is 29.3 Å². The van der Waals surface area contributed by atoms with Gasteiger partial charge in [-0.25, -0.2) is 4.39 Å². The zero-order valence-corrected chi connectivity index (χ0v) is 15.0. The number of hydrogen-bond donors (Lipinski definition) is 2. The highest BCUT2D eigenvalue weighted by Gasteiger charge is 2.21. The van der Waals surface area contributed by atoms with Crippen LogP contribution in [0.4, 0.5) is 10.1 Å². The molecule has 2 amide bonds. The Morgan fingerprint density at radius 1 is 1.16 bits per heavy atom. The average molecular weight is 360 g/mol. The van der Waals surface area contributed by atoms with E-state index in [1.165, 1.54) is 6.07 Å². The molecule has 0 saturated carbocycles. The smallest absolute Gasteiger partial charge is 0.251 e. The van der Waals surface area contributed by atoms with Gasteiger partial charge in [-0.3, -0.25) is 9.59 Å². The summed E-state index contributed by atoms with van der Waals surface area (Å²) in [5.74, 6) is -0.333. The number of rotatable bonds is 7. The predicted octanol–water partition coefficient (Wildman–Crippen LogP) is 3.62. The Labute approximate surface area is 151 Å². The Hall–Kier alpha value is -2.34. The topological polar surface area (TPSA) is 58.2 Å². The number of anilines is 1. The van der Waals surface area contributed by atoms with Gasteiger partial charge < -0.3 is 10.6 Å². The fourth-order valence-corrected chi connectivity index (χ4v) is 2.71. The lowest BCUT2D eigenvalue weighted by molar-refractivity contribution is -0.118. The lowest BCUT2D eigenvalue weighted by Crippen LogP contribution is -2.44. The molecule has 0 aliphatic heterocycles. The highest BCUT2D eigenvalue weighted by atomic mass is 32.2. The molecule has 0 aliphatic rings. The lowest BCUT2D eigenvalue weighted by atomic mass is 10.1. The van der Waals surface area contributed by atoms with E-state index in [4.69, 9.17) is 0 Å². The fourth-order valence-electron chi connectivity index (χ4n) is 2.24. The molecule has 6 heteroatoms. The molecular formula is C19H21FN2O2S. The quantitative estimate of drug-likeness (QED) is 0.793. The van der Waals surface area contributed by atoms with Crippen LogP contribution in [0.15, 0.2) is 48.5 Å². The molecule has 2 aromatic carbocycles. The first kappa shape index (κ1) is 19.0. The molecule has 1 atom stereocenters. The van der Waals surface area contributed by atoms with Crippen LogP contribution >= 0.6 is 11.8 Å². The summed E-state index contributed by atoms with van der Waals surface area (Å²) in [4.78, 5) is 24.8. The van der Waals surface area contributed by atoms with Crippen molar-refractivity contribution in [1.29, 1.82) is 0 Å². The Kier molecular flexibility index (Phi) is 7.01. The molecule has 0 fully saturated rings. The zero-order valence-electron chi connectivity index (χ0n) is 14.2. The van der Waals surface area contributed by atoms with Gasteiger partial charge in [-0.05, 0) is 55.2 Å². The monoisotopic (exact) mass is 360 g/mol. The van der Waals surface area contributed by atoms with Gasteiger partial charge in [0.15, 0.2) is 0 Å². The van der Waals surface area contributed by atoms with Crippen LogP contribution < -0.4 is 10.6 Å². The summed E-state index contributed by atoms with van der Waals surface area (Å²) in [7, 11) is 0. The molecule has 0 aromatic heterocycles. The minimum absolute atomic E-state index is 0.308. The second-order valence-corrected chi connectivity index (χ2v) is 6.61. The van der Waals surface area contributed by atoms with Crippen LogP contribution in [-0.4, -0.2) is 29.9 Å². The second-order valence-electron chi connectivity index (χ2n) is 5.63. The van der Waals surface area contributed by atoms with Gasteiger partial charge in [0.05, 0.1) is 0 Å². The van der Waals surface area contributed by atoms with E-state index < -0.39 is 6.04 Å². The first-order valence-corrected chi connectivity index (χ1v) is 9.32. The number of thioether (sulfide) groups is 1. The lowest BCUT2D eigenvalue weighted by Gasteiger charge is -2.18. The SMILES string of the molecule is CSCC[C@@H](NC(=O)c1ccccc1)C(=O)Nc1ccc(C)c(F)c1. The molecule has 2 N–H and O–H groups in total. The van der Waals surface area contributed by atoms with Crippen molar-refractivity contribution in [2.75, 3.05) is 17.3 Å². The molecule has 0 heterocycles. The number of amides is 2. The van der Waals surface area contributed by atoms with Crippen molar-refractivity contribution in [2.45, 2.75) is 19.4 Å². The van der Waals surface area contributed by atoms with E-state index in [-0.39, 0.29) is 17.6 Å². The number of carbonyl (C=O) groups is 2. The van der Waals surface area contributed by atoms with E-state index in [9.17, 15) is 14.0 Å². The average Bonchev–Trinajstić information content (AvgIpc) is 2.62. The van der Waals surface area contributed by atoms with Crippen LogP contribution in [0.3, 0.4) is 0 Å². The number of carbonyl (C=O) groups excluding carboxylic acids is 2. The predicted molar refractivity (Wildman–Crippen MR) is 100 cm³/mol. The van der Waals surface area contributed by atoms with E-state index in [1.54, 1.807) is 55.1 Å². The molecule has 0 radical (unpaired) electrons. The molecule has 0 bridgehead atoms. The normalized spacial score (nSPS) is 11.6. The zero-order chi connectivity index (χ0) is 18.2. The van der Waals surface area contributed by atoms with Crippen molar-refractivity contribution in [3.8, 4) is 0 Å². The number of halogens is 1. The highest BCUT2D eigenvalue weighted by molar-refractivity contribution is 7.98. The standard InChI is InChI=1S/C19H21FN2O2S/c1-13-8-9-15(12-16(13)20)21-19(24)17(10-11-25-2)22-18(23)14-6-4-3-5-7-14/h3-9,12,17H,10-11H2,1-2H3,(H,21,24)(H,22,23)/t17-/m1/s1. The summed E-state index contributed by atoms with van der Waals surface area (Å²) < 4.78 is 13.6. The summed E-state index contributed by atoms with van der Waals surface area (Å²) in [5.41, 5.74) is 1.37. The number of benzene rings is 2. The summed E-state index contributed by atoms with van der Waals surface area (Å²) in [6.45, 7) is 1.66. The Morgan fingerprint density at radius 3 is 2.52 bits per heavy atom. The first-order valence-electron chi connectivity index (χ1n) is 7.93. The van der Waals surface area contributed by atoms with Crippen molar-refractivity contribution in [1.82, 2.24) is 5.32 Å². The second kappa shape index (κ2) is 9.22. The number of nitrogens with one attached hydrogen (secondary N) is 2. The van der Waals surface area contributed by atoms with Gasteiger partial charge in [-0.15, -0.1) is 0 Å². The van der Waals surface area contributed by atoms with Crippen molar-refractivity contribution in [3.05, 3.63) is 65.5 Å². The van der Waals surface area contributed by atoms with Crippen molar-refractivity contribution in [2.24, 2.45) is 0 Å². The molecule has 0 unspecified atom stereocenters. The fraction of sp³-hybridized carbons (Fsp3) is 0.263. The van der Waals surface area contributed by atoms with E-state index >= 15 is 0 Å². The van der Waals surface area contributed by atoms with Gasteiger partial charge >= 0.3 is 0 Å². The largest absolute Gasteiger partial charge is 0.340 e. The van der Waals surface area contributed by atoms with E-state index in [1.807, 2.05) is 12.3 Å². The molecule has 0 spiro atoms. The molecule has 132 valence electrons. The number of hydrogen-bond acceptors (Lipinski definition) is 3. The Bertz CT molecular complexity index is 737. The summed E-state index contributed by atoms with van der Waals surface area (Å²) in [6, 6.07) is 12.6. The Morgan fingerprint density at radius 2 is 1.88 bits per heavy atom. The van der Waals surface area contributed by atoms with Gasteiger partial charge in [0, 0.05) is 11.3 Å². The molecule has 0 saturated heterocycles. The van der Waals surface area contributed by atoms with Crippen LogP contribution in [-0.2, 0) is 4.79 Å². The van der Waals surface area contributed by atoms with E-state index in [0.29, 0.717) is 23.2 Å². The van der Waals surface area contributed by atoms with Crippen LogP contribution in [0, 0.1) is 12.7 Å². The molecule has 0 aliphatic carbocycles. The van der Waals surface area contributed by atoms with Crippen molar-refractivity contribution in [3.63, 3.8) is 0 Å². The maximum Gasteiger partial charge on any atom is 0.251 e. The Balaban J connectivity index is 2.08. The number of aryl methyl sites for hydroxylation is 1. The maximum absolute atomic E-state index is 13.6. The van der Waals surface area contributed by atoms with Gasteiger partial charge in [0.2, 0.25) is 5.91 Å². The van der Waals surface area contributed by atoms with Gasteiger partial charge in [0.1, 0.15) is 11.9 Å².